The molecule has 2 rings (SSSR count). The molecule has 0 radical (unpaired) electrons. The van der Waals surface area contributed by atoms with Crippen molar-refractivity contribution >= 4 is 0 Å². The molecular weight excluding hydrogens is 220 g/mol. The molecule has 2 aliphatic carbocycles. The van der Waals surface area contributed by atoms with Crippen molar-refractivity contribution in [1.82, 2.24) is 0 Å². The second kappa shape index (κ2) is 7.31. The van der Waals surface area contributed by atoms with Crippen LogP contribution in [0.1, 0.15) is 38.5 Å². The van der Waals surface area contributed by atoms with Crippen molar-refractivity contribution in [1.29, 1.82) is 0 Å². The summed E-state index contributed by atoms with van der Waals surface area (Å²) in [6.07, 6.45) is 7.40. The summed E-state index contributed by atoms with van der Waals surface area (Å²) in [7, 11) is 0. The zero-order valence-electron chi connectivity index (χ0n) is 10.5. The van der Waals surface area contributed by atoms with Crippen LogP contribution < -0.4 is 0 Å². The lowest BCUT2D eigenvalue weighted by atomic mass is 10.3. The number of ether oxygens (including phenoxy) is 3. The maximum Gasteiger partial charge on any atom is 0.180 e. The van der Waals surface area contributed by atoms with Crippen LogP contribution >= 0.6 is 0 Å². The summed E-state index contributed by atoms with van der Waals surface area (Å²) < 4.78 is 16.6. The highest BCUT2D eigenvalue weighted by molar-refractivity contribution is 4.72. The molecule has 100 valence electrons. The van der Waals surface area contributed by atoms with Crippen molar-refractivity contribution in [2.45, 2.75) is 50.9 Å². The fourth-order valence-electron chi connectivity index (χ4n) is 2.13. The fourth-order valence-corrected chi connectivity index (χ4v) is 2.13. The van der Waals surface area contributed by atoms with Crippen molar-refractivity contribution in [3.8, 4) is 0 Å². The monoisotopic (exact) mass is 244 g/mol. The van der Waals surface area contributed by atoms with Gasteiger partial charge in [-0.2, -0.15) is 0 Å². The van der Waals surface area contributed by atoms with Crippen LogP contribution in [0.25, 0.3) is 0 Å². The number of rotatable bonds is 9. The molecule has 1 atom stereocenters. The van der Waals surface area contributed by atoms with Crippen molar-refractivity contribution < 1.29 is 19.3 Å². The van der Waals surface area contributed by atoms with Gasteiger partial charge < -0.3 is 19.3 Å². The van der Waals surface area contributed by atoms with Crippen LogP contribution in [0.4, 0.5) is 0 Å². The van der Waals surface area contributed by atoms with E-state index in [1.54, 1.807) is 0 Å². The highest BCUT2D eigenvalue weighted by Gasteiger charge is 2.23. The van der Waals surface area contributed by atoms with Gasteiger partial charge in [0.1, 0.15) is 0 Å². The summed E-state index contributed by atoms with van der Waals surface area (Å²) in [5.41, 5.74) is 0. The molecule has 0 aliphatic heterocycles. The van der Waals surface area contributed by atoms with Crippen molar-refractivity contribution in [2.24, 2.45) is 5.92 Å². The highest BCUT2D eigenvalue weighted by Crippen LogP contribution is 2.29. The molecule has 0 saturated heterocycles. The molecule has 4 heteroatoms. The Bertz CT molecular complexity index is 200. The standard InChI is InChI=1S/C13H24O4/c14-9-13(17-10-11-5-6-11)16-8-7-15-12-3-1-2-4-12/h11-14H,1-10H2. The Morgan fingerprint density at radius 3 is 2.41 bits per heavy atom. The average molecular weight is 244 g/mol. The van der Waals surface area contributed by atoms with Crippen molar-refractivity contribution in [3.05, 3.63) is 0 Å². The van der Waals surface area contributed by atoms with Gasteiger partial charge in [-0.05, 0) is 31.6 Å². The summed E-state index contributed by atoms with van der Waals surface area (Å²) in [6.45, 7) is 1.76. The Kier molecular flexibility index (Phi) is 5.71. The largest absolute Gasteiger partial charge is 0.391 e. The molecule has 0 aromatic rings. The predicted molar refractivity (Wildman–Crippen MR) is 63.7 cm³/mol. The average Bonchev–Trinajstić information content (AvgIpc) is 3.03. The van der Waals surface area contributed by atoms with Gasteiger partial charge in [0.25, 0.3) is 0 Å². The number of aliphatic hydroxyl groups is 1. The lowest BCUT2D eigenvalue weighted by molar-refractivity contribution is -0.173. The fraction of sp³-hybridized carbons (Fsp3) is 1.00. The first kappa shape index (κ1) is 13.3. The van der Waals surface area contributed by atoms with E-state index in [1.165, 1.54) is 38.5 Å². The predicted octanol–water partition coefficient (Wildman–Crippen LogP) is 1.71. The minimum Gasteiger partial charge on any atom is -0.391 e. The Morgan fingerprint density at radius 2 is 1.76 bits per heavy atom. The molecule has 2 fully saturated rings. The molecule has 2 saturated carbocycles. The number of hydrogen-bond donors (Lipinski definition) is 1. The molecule has 1 unspecified atom stereocenters. The van der Waals surface area contributed by atoms with Gasteiger partial charge in [-0.25, -0.2) is 0 Å². The summed E-state index contributed by atoms with van der Waals surface area (Å²) in [6, 6.07) is 0. The van der Waals surface area contributed by atoms with Gasteiger partial charge in [0.15, 0.2) is 6.29 Å². The molecule has 4 nitrogen and oxygen atoms in total. The topological polar surface area (TPSA) is 47.9 Å². The third kappa shape index (κ3) is 5.34. The molecule has 17 heavy (non-hydrogen) atoms. The Labute approximate surface area is 103 Å². The van der Waals surface area contributed by atoms with Crippen molar-refractivity contribution in [2.75, 3.05) is 26.4 Å². The minimum absolute atomic E-state index is 0.0733. The second-order valence-electron chi connectivity index (χ2n) is 5.04. The lowest BCUT2D eigenvalue weighted by Crippen LogP contribution is -2.25. The van der Waals surface area contributed by atoms with Crippen molar-refractivity contribution in [3.63, 3.8) is 0 Å². The summed E-state index contributed by atoms with van der Waals surface area (Å²) >= 11 is 0. The SMILES string of the molecule is OCC(OCCOC1CCCC1)OCC1CC1. The van der Waals surface area contributed by atoms with E-state index in [0.717, 1.165) is 0 Å². The van der Waals surface area contributed by atoms with E-state index in [-0.39, 0.29) is 6.61 Å². The van der Waals surface area contributed by atoms with E-state index >= 15 is 0 Å². The third-order valence-electron chi connectivity index (χ3n) is 3.41. The molecule has 0 bridgehead atoms. The number of aliphatic hydroxyl groups excluding tert-OH is 1. The lowest BCUT2D eigenvalue weighted by Gasteiger charge is -2.17. The zero-order chi connectivity index (χ0) is 11.9. The van der Waals surface area contributed by atoms with Crippen LogP contribution in [0.5, 0.6) is 0 Å². The Morgan fingerprint density at radius 1 is 1.00 bits per heavy atom. The summed E-state index contributed by atoms with van der Waals surface area (Å²) in [5, 5.41) is 9.08. The smallest absolute Gasteiger partial charge is 0.180 e. The van der Waals surface area contributed by atoms with Gasteiger partial charge >= 0.3 is 0 Å². The number of hydrogen-bond acceptors (Lipinski definition) is 4. The molecule has 2 aliphatic rings. The minimum atomic E-state index is -0.470. The van der Waals surface area contributed by atoms with E-state index in [4.69, 9.17) is 19.3 Å². The first-order valence-electron chi connectivity index (χ1n) is 6.84. The Hall–Kier alpha value is -0.160. The van der Waals surface area contributed by atoms with Gasteiger partial charge in [0, 0.05) is 0 Å². The molecule has 0 spiro atoms. The van der Waals surface area contributed by atoms with Crippen LogP contribution in [0.3, 0.4) is 0 Å². The van der Waals surface area contributed by atoms with Gasteiger partial charge in [-0.1, -0.05) is 12.8 Å². The van der Waals surface area contributed by atoms with E-state index in [0.29, 0.717) is 31.8 Å². The maximum absolute atomic E-state index is 9.08. The Balaban J connectivity index is 1.46. The van der Waals surface area contributed by atoms with Gasteiger partial charge in [-0.15, -0.1) is 0 Å². The molecular formula is C13H24O4. The highest BCUT2D eigenvalue weighted by atomic mass is 16.7. The van der Waals surface area contributed by atoms with Gasteiger partial charge in [-0.3, -0.25) is 0 Å². The first-order valence-corrected chi connectivity index (χ1v) is 6.84. The van der Waals surface area contributed by atoms with Gasteiger partial charge in [0.05, 0.1) is 32.5 Å². The zero-order valence-corrected chi connectivity index (χ0v) is 10.5. The van der Waals surface area contributed by atoms with E-state index in [1.807, 2.05) is 0 Å². The summed E-state index contributed by atoms with van der Waals surface area (Å²) in [5.74, 6) is 0.697. The molecule has 0 aromatic carbocycles. The van der Waals surface area contributed by atoms with Crippen LogP contribution in [0.2, 0.25) is 0 Å². The van der Waals surface area contributed by atoms with E-state index in [9.17, 15) is 0 Å². The van der Waals surface area contributed by atoms with E-state index < -0.39 is 6.29 Å². The second-order valence-corrected chi connectivity index (χ2v) is 5.04. The molecule has 0 amide bonds. The molecule has 0 heterocycles. The maximum atomic E-state index is 9.08. The third-order valence-corrected chi connectivity index (χ3v) is 3.41. The summed E-state index contributed by atoms with van der Waals surface area (Å²) in [4.78, 5) is 0. The molecule has 0 aromatic heterocycles. The first-order chi connectivity index (χ1) is 8.38. The van der Waals surface area contributed by atoms with Gasteiger partial charge in [0.2, 0.25) is 0 Å². The van der Waals surface area contributed by atoms with Crippen LogP contribution in [-0.2, 0) is 14.2 Å². The normalized spacial score (nSPS) is 23.1. The van der Waals surface area contributed by atoms with Crippen LogP contribution in [0, 0.1) is 5.92 Å². The van der Waals surface area contributed by atoms with Crippen LogP contribution in [0.15, 0.2) is 0 Å². The van der Waals surface area contributed by atoms with E-state index in [2.05, 4.69) is 0 Å². The quantitative estimate of drug-likeness (QED) is 0.495. The molecule has 1 N–H and O–H groups in total. The van der Waals surface area contributed by atoms with Crippen LogP contribution in [-0.4, -0.2) is 43.9 Å².